The van der Waals surface area contributed by atoms with Crippen LogP contribution in [0.4, 0.5) is 0 Å². The summed E-state index contributed by atoms with van der Waals surface area (Å²) in [7, 11) is 0. The molecule has 1 aliphatic rings. The van der Waals surface area contributed by atoms with Gasteiger partial charge >= 0.3 is 5.97 Å². The standard InChI is InChI=1S/C11H19NO3/c1-9(2)10(3,7(12)13)5-6-11(9,4)8(14)15/h5-6H2,1-4H3,(H2,12,13)(H,14,15). The molecular weight excluding hydrogens is 194 g/mol. The lowest BCUT2D eigenvalue weighted by molar-refractivity contribution is -0.158. The summed E-state index contributed by atoms with van der Waals surface area (Å²) >= 11 is 0. The van der Waals surface area contributed by atoms with Crippen molar-refractivity contribution in [2.45, 2.75) is 40.5 Å². The highest BCUT2D eigenvalue weighted by Gasteiger charge is 2.64. The lowest BCUT2D eigenvalue weighted by Gasteiger charge is -2.43. The first-order chi connectivity index (χ1) is 6.59. The van der Waals surface area contributed by atoms with Gasteiger partial charge in [0.2, 0.25) is 5.91 Å². The van der Waals surface area contributed by atoms with E-state index in [2.05, 4.69) is 0 Å². The molecule has 1 saturated carbocycles. The zero-order chi connectivity index (χ0) is 12.1. The van der Waals surface area contributed by atoms with E-state index in [9.17, 15) is 14.7 Å². The number of rotatable bonds is 2. The van der Waals surface area contributed by atoms with Crippen molar-refractivity contribution >= 4 is 11.9 Å². The quantitative estimate of drug-likeness (QED) is 0.727. The molecule has 86 valence electrons. The number of carbonyl (C=O) groups is 2. The van der Waals surface area contributed by atoms with Crippen LogP contribution < -0.4 is 5.73 Å². The number of nitrogens with two attached hydrogens (primary N) is 1. The molecule has 0 heterocycles. The van der Waals surface area contributed by atoms with Crippen LogP contribution in [0, 0.1) is 16.2 Å². The second-order valence-electron chi connectivity index (χ2n) is 5.46. The first kappa shape index (κ1) is 12.0. The summed E-state index contributed by atoms with van der Waals surface area (Å²) in [5.41, 5.74) is 3.16. The molecule has 0 spiro atoms. The van der Waals surface area contributed by atoms with Crippen LogP contribution in [0.2, 0.25) is 0 Å². The summed E-state index contributed by atoms with van der Waals surface area (Å²) in [6, 6.07) is 0. The third-order valence-electron chi connectivity index (χ3n) is 4.90. The molecule has 1 aliphatic carbocycles. The number of aliphatic carboxylic acids is 1. The number of carboxylic acids is 1. The molecule has 1 amide bonds. The van der Waals surface area contributed by atoms with Crippen molar-refractivity contribution < 1.29 is 14.7 Å². The Morgan fingerprint density at radius 3 is 1.67 bits per heavy atom. The third-order valence-corrected chi connectivity index (χ3v) is 4.90. The van der Waals surface area contributed by atoms with Crippen molar-refractivity contribution in [1.29, 1.82) is 0 Å². The highest BCUT2D eigenvalue weighted by atomic mass is 16.4. The van der Waals surface area contributed by atoms with E-state index in [-0.39, 0.29) is 0 Å². The highest BCUT2D eigenvalue weighted by Crippen LogP contribution is 2.62. The molecular formula is C11H19NO3. The van der Waals surface area contributed by atoms with Crippen LogP contribution in [-0.4, -0.2) is 17.0 Å². The fourth-order valence-electron chi connectivity index (χ4n) is 2.54. The molecule has 0 saturated heterocycles. The summed E-state index contributed by atoms with van der Waals surface area (Å²) in [5.74, 6) is -1.25. The molecule has 4 nitrogen and oxygen atoms in total. The van der Waals surface area contributed by atoms with E-state index >= 15 is 0 Å². The van der Waals surface area contributed by atoms with E-state index in [0.717, 1.165) is 0 Å². The molecule has 3 N–H and O–H groups in total. The van der Waals surface area contributed by atoms with Gasteiger partial charge in [-0.3, -0.25) is 9.59 Å². The van der Waals surface area contributed by atoms with Gasteiger partial charge in [-0.05, 0) is 25.2 Å². The van der Waals surface area contributed by atoms with Gasteiger partial charge in [0.15, 0.2) is 0 Å². The second kappa shape index (κ2) is 2.97. The van der Waals surface area contributed by atoms with Crippen molar-refractivity contribution in [3.8, 4) is 0 Å². The largest absolute Gasteiger partial charge is 0.481 e. The van der Waals surface area contributed by atoms with E-state index in [4.69, 9.17) is 5.73 Å². The topological polar surface area (TPSA) is 80.4 Å². The zero-order valence-electron chi connectivity index (χ0n) is 9.76. The van der Waals surface area contributed by atoms with Crippen LogP contribution in [0.15, 0.2) is 0 Å². The van der Waals surface area contributed by atoms with Gasteiger partial charge in [-0.25, -0.2) is 0 Å². The Kier molecular flexibility index (Phi) is 2.38. The minimum Gasteiger partial charge on any atom is -0.481 e. The van der Waals surface area contributed by atoms with E-state index in [1.165, 1.54) is 0 Å². The maximum absolute atomic E-state index is 11.5. The van der Waals surface area contributed by atoms with E-state index in [1.807, 2.05) is 13.8 Å². The Morgan fingerprint density at radius 2 is 1.47 bits per heavy atom. The van der Waals surface area contributed by atoms with Gasteiger partial charge in [-0.1, -0.05) is 20.8 Å². The normalized spacial score (nSPS) is 38.9. The molecule has 0 aromatic carbocycles. The van der Waals surface area contributed by atoms with Crippen molar-refractivity contribution in [3.05, 3.63) is 0 Å². The summed E-state index contributed by atoms with van der Waals surface area (Å²) in [4.78, 5) is 22.8. The molecule has 0 bridgehead atoms. The van der Waals surface area contributed by atoms with Crippen LogP contribution in [0.5, 0.6) is 0 Å². The Hall–Kier alpha value is -1.06. The number of hydrogen-bond donors (Lipinski definition) is 2. The first-order valence-corrected chi connectivity index (χ1v) is 5.13. The minimum atomic E-state index is -0.878. The Balaban J connectivity index is 3.26. The van der Waals surface area contributed by atoms with Crippen molar-refractivity contribution in [2.24, 2.45) is 22.0 Å². The van der Waals surface area contributed by atoms with Crippen LogP contribution >= 0.6 is 0 Å². The summed E-state index contributed by atoms with van der Waals surface area (Å²) in [6.07, 6.45) is 1.03. The Morgan fingerprint density at radius 1 is 1.07 bits per heavy atom. The monoisotopic (exact) mass is 213 g/mol. The number of carbonyl (C=O) groups excluding carboxylic acids is 1. The zero-order valence-corrected chi connectivity index (χ0v) is 9.76. The fraction of sp³-hybridized carbons (Fsp3) is 0.818. The lowest BCUT2D eigenvalue weighted by atomic mass is 9.59. The fourth-order valence-corrected chi connectivity index (χ4v) is 2.54. The average molecular weight is 213 g/mol. The highest BCUT2D eigenvalue weighted by molar-refractivity contribution is 5.85. The average Bonchev–Trinajstić information content (AvgIpc) is 2.28. The molecule has 0 aromatic rings. The number of primary amides is 1. The second-order valence-corrected chi connectivity index (χ2v) is 5.46. The van der Waals surface area contributed by atoms with Gasteiger partial charge in [0.05, 0.1) is 10.8 Å². The minimum absolute atomic E-state index is 0.405. The van der Waals surface area contributed by atoms with Gasteiger partial charge in [0, 0.05) is 0 Å². The Bertz CT molecular complexity index is 294. The van der Waals surface area contributed by atoms with E-state index in [0.29, 0.717) is 12.8 Å². The molecule has 0 radical (unpaired) electrons. The summed E-state index contributed by atoms with van der Waals surface area (Å²) in [6.45, 7) is 7.10. The molecule has 0 aliphatic heterocycles. The molecule has 2 unspecified atom stereocenters. The molecule has 1 fully saturated rings. The summed E-state index contributed by atoms with van der Waals surface area (Å²) in [5, 5.41) is 9.27. The van der Waals surface area contributed by atoms with E-state index in [1.54, 1.807) is 13.8 Å². The lowest BCUT2D eigenvalue weighted by Crippen LogP contribution is -2.50. The predicted octanol–water partition coefficient (Wildman–Crippen LogP) is 1.39. The number of carboxylic acid groups (broad SMARTS) is 1. The van der Waals surface area contributed by atoms with Crippen LogP contribution in [0.25, 0.3) is 0 Å². The van der Waals surface area contributed by atoms with Gasteiger partial charge in [-0.15, -0.1) is 0 Å². The van der Waals surface area contributed by atoms with Gasteiger partial charge in [0.25, 0.3) is 0 Å². The summed E-state index contributed by atoms with van der Waals surface area (Å²) < 4.78 is 0. The van der Waals surface area contributed by atoms with Crippen molar-refractivity contribution in [3.63, 3.8) is 0 Å². The molecule has 1 rings (SSSR count). The van der Waals surface area contributed by atoms with Crippen molar-refractivity contribution in [2.75, 3.05) is 0 Å². The van der Waals surface area contributed by atoms with Crippen LogP contribution in [0.1, 0.15) is 40.5 Å². The Labute approximate surface area is 89.8 Å². The SMILES string of the molecule is CC1(C(N)=O)CCC(C)(C(=O)O)C1(C)C. The van der Waals surface area contributed by atoms with Gasteiger partial charge in [-0.2, -0.15) is 0 Å². The maximum atomic E-state index is 11.5. The van der Waals surface area contributed by atoms with E-state index < -0.39 is 28.1 Å². The molecule has 0 aromatic heterocycles. The van der Waals surface area contributed by atoms with Gasteiger partial charge < -0.3 is 10.8 Å². The van der Waals surface area contributed by atoms with Gasteiger partial charge in [0.1, 0.15) is 0 Å². The number of hydrogen-bond acceptors (Lipinski definition) is 2. The van der Waals surface area contributed by atoms with Crippen LogP contribution in [-0.2, 0) is 9.59 Å². The predicted molar refractivity (Wildman–Crippen MR) is 56.1 cm³/mol. The van der Waals surface area contributed by atoms with Crippen molar-refractivity contribution in [1.82, 2.24) is 0 Å². The molecule has 4 heteroatoms. The van der Waals surface area contributed by atoms with Crippen LogP contribution in [0.3, 0.4) is 0 Å². The molecule has 15 heavy (non-hydrogen) atoms. The smallest absolute Gasteiger partial charge is 0.309 e. The maximum Gasteiger partial charge on any atom is 0.309 e. The number of amides is 1. The molecule has 2 atom stereocenters. The third kappa shape index (κ3) is 1.20. The first-order valence-electron chi connectivity index (χ1n) is 5.13.